The van der Waals surface area contributed by atoms with E-state index in [1.807, 2.05) is 35.3 Å². The smallest absolute Gasteiger partial charge is 0.256 e. The highest BCUT2D eigenvalue weighted by atomic mass is 79.9. The van der Waals surface area contributed by atoms with Crippen LogP contribution in [0, 0.1) is 6.92 Å². The lowest BCUT2D eigenvalue weighted by Gasteiger charge is -2.27. The number of nitrogens with zero attached hydrogens (tertiary/aromatic N) is 1. The molecule has 1 fully saturated rings. The number of aryl methyl sites for hydroxylation is 1. The molecule has 0 unspecified atom stereocenters. The number of nitrogens with one attached hydrogen (secondary N) is 2. The molecule has 0 spiro atoms. The van der Waals surface area contributed by atoms with Crippen molar-refractivity contribution < 1.29 is 4.79 Å². The minimum absolute atomic E-state index is 0.0913. The first-order valence-electron chi connectivity index (χ1n) is 9.18. The van der Waals surface area contributed by atoms with E-state index < -0.39 is 0 Å². The van der Waals surface area contributed by atoms with E-state index in [1.165, 1.54) is 5.56 Å². The number of aromatic nitrogens is 1. The highest BCUT2D eigenvalue weighted by molar-refractivity contribution is 9.10. The molecule has 1 saturated heterocycles. The van der Waals surface area contributed by atoms with E-state index in [1.54, 1.807) is 0 Å². The molecule has 1 aliphatic heterocycles. The van der Waals surface area contributed by atoms with E-state index in [0.29, 0.717) is 0 Å². The van der Waals surface area contributed by atoms with Gasteiger partial charge in [-0.15, -0.1) is 0 Å². The van der Waals surface area contributed by atoms with E-state index in [-0.39, 0.29) is 5.91 Å². The van der Waals surface area contributed by atoms with Gasteiger partial charge in [0.15, 0.2) is 0 Å². The van der Waals surface area contributed by atoms with Crippen LogP contribution in [0.25, 0.3) is 23.1 Å². The summed E-state index contributed by atoms with van der Waals surface area (Å²) in [7, 11) is 0. The van der Waals surface area contributed by atoms with Crippen molar-refractivity contribution in [2.24, 2.45) is 0 Å². The zero-order valence-corrected chi connectivity index (χ0v) is 16.8. The molecule has 5 heteroatoms. The maximum absolute atomic E-state index is 13.3. The molecule has 0 saturated carbocycles. The Balaban J connectivity index is 1.76. The lowest BCUT2D eigenvalue weighted by molar-refractivity contribution is 0.0737. The summed E-state index contributed by atoms with van der Waals surface area (Å²) in [4.78, 5) is 18.6. The number of hydrogen-bond donors (Lipinski definition) is 2. The summed E-state index contributed by atoms with van der Waals surface area (Å²) < 4.78 is 0.992. The summed E-state index contributed by atoms with van der Waals surface area (Å²) in [6.07, 6.45) is 4.06. The van der Waals surface area contributed by atoms with Crippen LogP contribution in [0.4, 0.5) is 0 Å². The normalized spacial score (nSPS) is 15.0. The number of benzene rings is 2. The van der Waals surface area contributed by atoms with E-state index >= 15 is 0 Å². The topological polar surface area (TPSA) is 48.1 Å². The summed E-state index contributed by atoms with van der Waals surface area (Å²) >= 11 is 3.52. The van der Waals surface area contributed by atoms with Gasteiger partial charge in [-0.25, -0.2) is 0 Å². The van der Waals surface area contributed by atoms with Gasteiger partial charge in [0.2, 0.25) is 0 Å². The summed E-state index contributed by atoms with van der Waals surface area (Å²) in [5.41, 5.74) is 4.92. The molecule has 1 amide bonds. The molecule has 138 valence electrons. The molecule has 1 aliphatic rings. The number of H-pyrrole nitrogens is 1. The fourth-order valence-corrected chi connectivity index (χ4v) is 3.79. The summed E-state index contributed by atoms with van der Waals surface area (Å²) in [5.74, 6) is 0.0913. The molecule has 27 heavy (non-hydrogen) atoms. The Hall–Kier alpha value is -2.37. The highest BCUT2D eigenvalue weighted by Gasteiger charge is 2.23. The number of carbonyl (C=O) groups excluding carboxylic acids is 1. The van der Waals surface area contributed by atoms with Crippen LogP contribution in [0.1, 0.15) is 27.2 Å². The second kappa shape index (κ2) is 7.71. The number of rotatable bonds is 3. The number of amides is 1. The lowest BCUT2D eigenvalue weighted by Crippen LogP contribution is -2.46. The number of halogens is 1. The van der Waals surface area contributed by atoms with Crippen molar-refractivity contribution in [3.05, 3.63) is 69.3 Å². The van der Waals surface area contributed by atoms with Crippen LogP contribution in [0.5, 0.6) is 0 Å². The van der Waals surface area contributed by atoms with Gasteiger partial charge in [-0.3, -0.25) is 4.79 Å². The monoisotopic (exact) mass is 423 g/mol. The standard InChI is InChI=1S/C22H22BrN3O/c1-15-2-4-16(5-3-15)6-9-19-21(22(27)26-12-10-24-11-13-26)18-8-7-17(23)14-20(18)25-19/h2-9,14,24-25H,10-13H2,1H3/b9-6+. The Morgan fingerprint density at radius 1 is 1.07 bits per heavy atom. The Kier molecular flexibility index (Phi) is 5.14. The van der Waals surface area contributed by atoms with E-state index in [4.69, 9.17) is 0 Å². The van der Waals surface area contributed by atoms with E-state index in [2.05, 4.69) is 57.4 Å². The molecule has 3 aromatic rings. The Bertz CT molecular complexity index is 998. The number of aromatic amines is 1. The zero-order chi connectivity index (χ0) is 18.8. The molecule has 4 nitrogen and oxygen atoms in total. The van der Waals surface area contributed by atoms with Crippen molar-refractivity contribution in [1.29, 1.82) is 0 Å². The average Bonchev–Trinajstić information content (AvgIpc) is 3.05. The zero-order valence-electron chi connectivity index (χ0n) is 15.3. The van der Waals surface area contributed by atoms with Crippen molar-refractivity contribution in [2.45, 2.75) is 6.92 Å². The number of fused-ring (bicyclic) bond motifs is 1. The molecule has 0 radical (unpaired) electrons. The van der Waals surface area contributed by atoms with Crippen molar-refractivity contribution in [3.63, 3.8) is 0 Å². The molecule has 1 aromatic heterocycles. The number of piperazine rings is 1. The van der Waals surface area contributed by atoms with Crippen molar-refractivity contribution >= 4 is 44.9 Å². The molecule has 0 atom stereocenters. The second-order valence-corrected chi connectivity index (χ2v) is 7.81. The van der Waals surface area contributed by atoms with Crippen LogP contribution in [0.2, 0.25) is 0 Å². The van der Waals surface area contributed by atoms with Gasteiger partial charge in [0, 0.05) is 41.6 Å². The minimum atomic E-state index is 0.0913. The lowest BCUT2D eigenvalue weighted by atomic mass is 10.1. The maximum Gasteiger partial charge on any atom is 0.256 e. The van der Waals surface area contributed by atoms with E-state index in [9.17, 15) is 4.79 Å². The van der Waals surface area contributed by atoms with Crippen LogP contribution in [-0.4, -0.2) is 42.0 Å². The molecule has 2 heterocycles. The summed E-state index contributed by atoms with van der Waals surface area (Å²) in [6.45, 7) is 5.24. The van der Waals surface area contributed by atoms with Gasteiger partial charge in [-0.05, 0) is 30.7 Å². The summed E-state index contributed by atoms with van der Waals surface area (Å²) in [5, 5.41) is 4.27. The first-order chi connectivity index (χ1) is 13.1. The average molecular weight is 424 g/mol. The molecule has 0 bridgehead atoms. The molecular weight excluding hydrogens is 402 g/mol. The summed E-state index contributed by atoms with van der Waals surface area (Å²) in [6, 6.07) is 14.4. The third kappa shape index (κ3) is 3.84. The van der Waals surface area contributed by atoms with E-state index in [0.717, 1.165) is 58.4 Å². The SMILES string of the molecule is Cc1ccc(/C=C/c2[nH]c3cc(Br)ccc3c2C(=O)N2CCNCC2)cc1. The first-order valence-corrected chi connectivity index (χ1v) is 9.97. The Morgan fingerprint density at radius 2 is 1.81 bits per heavy atom. The molecule has 4 rings (SSSR count). The van der Waals surface area contributed by atoms with Crippen LogP contribution in [0.15, 0.2) is 46.9 Å². The van der Waals surface area contributed by atoms with Gasteiger partial charge in [-0.2, -0.15) is 0 Å². The quantitative estimate of drug-likeness (QED) is 0.653. The Morgan fingerprint density at radius 3 is 2.56 bits per heavy atom. The van der Waals surface area contributed by atoms with Gasteiger partial charge < -0.3 is 15.2 Å². The predicted octanol–water partition coefficient (Wildman–Crippen LogP) is 4.45. The van der Waals surface area contributed by atoms with Gasteiger partial charge in [0.25, 0.3) is 5.91 Å². The fraction of sp³-hybridized carbons (Fsp3) is 0.227. The Labute approximate surface area is 167 Å². The van der Waals surface area contributed by atoms with Crippen molar-refractivity contribution in [3.8, 4) is 0 Å². The van der Waals surface area contributed by atoms with Gasteiger partial charge in [-0.1, -0.05) is 57.9 Å². The third-order valence-electron chi connectivity index (χ3n) is 4.93. The van der Waals surface area contributed by atoms with Crippen molar-refractivity contribution in [2.75, 3.05) is 26.2 Å². The molecule has 0 aliphatic carbocycles. The predicted molar refractivity (Wildman–Crippen MR) is 115 cm³/mol. The second-order valence-electron chi connectivity index (χ2n) is 6.89. The first kappa shape index (κ1) is 18.0. The van der Waals surface area contributed by atoms with Crippen LogP contribution < -0.4 is 5.32 Å². The third-order valence-corrected chi connectivity index (χ3v) is 5.42. The molecular formula is C22H22BrN3O. The minimum Gasteiger partial charge on any atom is -0.354 e. The molecule has 2 N–H and O–H groups in total. The van der Waals surface area contributed by atoms with Gasteiger partial charge >= 0.3 is 0 Å². The number of hydrogen-bond acceptors (Lipinski definition) is 2. The van der Waals surface area contributed by atoms with Crippen LogP contribution in [0.3, 0.4) is 0 Å². The number of carbonyl (C=O) groups is 1. The highest BCUT2D eigenvalue weighted by Crippen LogP contribution is 2.28. The maximum atomic E-state index is 13.3. The fourth-order valence-electron chi connectivity index (χ4n) is 3.43. The molecule has 2 aromatic carbocycles. The largest absolute Gasteiger partial charge is 0.354 e. The van der Waals surface area contributed by atoms with Crippen LogP contribution >= 0.6 is 15.9 Å². The van der Waals surface area contributed by atoms with Gasteiger partial charge in [0.1, 0.15) is 0 Å². The van der Waals surface area contributed by atoms with Crippen LogP contribution in [-0.2, 0) is 0 Å². The van der Waals surface area contributed by atoms with Gasteiger partial charge in [0.05, 0.1) is 11.3 Å². The van der Waals surface area contributed by atoms with Crippen molar-refractivity contribution in [1.82, 2.24) is 15.2 Å².